The molecule has 1 saturated carbocycles. The van der Waals surface area contributed by atoms with Crippen molar-refractivity contribution < 1.29 is 13.6 Å². The molecule has 0 N–H and O–H groups in total. The number of thioether (sulfide) groups is 1. The topological polar surface area (TPSA) is 23.6 Å². The highest BCUT2D eigenvalue weighted by molar-refractivity contribution is 7.99. The van der Waals surface area contributed by atoms with Crippen molar-refractivity contribution in [2.45, 2.75) is 30.8 Å². The Morgan fingerprint density at radius 3 is 2.54 bits per heavy atom. The minimum Gasteiger partial charge on any atom is -0.325 e. The lowest BCUT2D eigenvalue weighted by atomic mass is 10.1. The zero-order valence-electron chi connectivity index (χ0n) is 15.3. The number of hydrogen-bond donors (Lipinski definition) is 0. The summed E-state index contributed by atoms with van der Waals surface area (Å²) in [6.45, 7) is 0.901. The van der Waals surface area contributed by atoms with Crippen molar-refractivity contribution in [3.63, 3.8) is 0 Å². The van der Waals surface area contributed by atoms with Crippen LogP contribution in [0.3, 0.4) is 0 Å². The third kappa shape index (κ3) is 4.19. The molecule has 2 fully saturated rings. The van der Waals surface area contributed by atoms with E-state index >= 15 is 0 Å². The number of amides is 1. The van der Waals surface area contributed by atoms with Gasteiger partial charge >= 0.3 is 0 Å². The van der Waals surface area contributed by atoms with Gasteiger partial charge in [0.1, 0.15) is 17.0 Å². The molecule has 0 radical (unpaired) electrons. The maximum Gasteiger partial charge on any atom is 0.237 e. The Morgan fingerprint density at radius 1 is 1.14 bits per heavy atom. The fourth-order valence-corrected chi connectivity index (χ4v) is 5.18. The molecule has 1 saturated heterocycles. The summed E-state index contributed by atoms with van der Waals surface area (Å²) < 4.78 is 28.2. The van der Waals surface area contributed by atoms with E-state index in [2.05, 4.69) is 0 Å². The van der Waals surface area contributed by atoms with Gasteiger partial charge in [-0.15, -0.1) is 11.8 Å². The van der Waals surface area contributed by atoms with E-state index in [1.807, 2.05) is 34.1 Å². The second-order valence-corrected chi connectivity index (χ2v) is 8.76. The van der Waals surface area contributed by atoms with Crippen LogP contribution in [0.25, 0.3) is 0 Å². The Bertz CT molecular complexity index is 857. The van der Waals surface area contributed by atoms with Crippen LogP contribution in [0.2, 0.25) is 5.02 Å². The van der Waals surface area contributed by atoms with Crippen molar-refractivity contribution in [1.29, 1.82) is 0 Å². The van der Waals surface area contributed by atoms with E-state index in [0.717, 1.165) is 24.2 Å². The summed E-state index contributed by atoms with van der Waals surface area (Å²) in [6, 6.07) is 11.6. The summed E-state index contributed by atoms with van der Waals surface area (Å²) >= 11 is 8.03. The fraction of sp³-hybridized carbons (Fsp3) is 0.381. The van der Waals surface area contributed by atoms with Gasteiger partial charge in [0.25, 0.3) is 0 Å². The average molecular weight is 423 g/mol. The molecule has 7 heteroatoms. The van der Waals surface area contributed by atoms with Crippen LogP contribution in [-0.4, -0.2) is 40.6 Å². The Hall–Kier alpha value is -1.63. The SMILES string of the molecule is O=C(CN(Cc1c(F)cccc1F)C1CC1)N1CCSC1c1ccccc1Cl. The number of carbonyl (C=O) groups is 1. The molecule has 1 atom stereocenters. The number of rotatable bonds is 6. The van der Waals surface area contributed by atoms with Gasteiger partial charge in [0, 0.05) is 41.0 Å². The Labute approximate surface area is 172 Å². The quantitative estimate of drug-likeness (QED) is 0.664. The molecular weight excluding hydrogens is 402 g/mol. The van der Waals surface area contributed by atoms with Crippen molar-refractivity contribution in [2.24, 2.45) is 0 Å². The van der Waals surface area contributed by atoms with Crippen LogP contribution in [-0.2, 0) is 11.3 Å². The van der Waals surface area contributed by atoms with E-state index in [0.29, 0.717) is 11.6 Å². The summed E-state index contributed by atoms with van der Waals surface area (Å²) in [7, 11) is 0. The number of hydrogen-bond acceptors (Lipinski definition) is 3. The molecule has 2 aliphatic rings. The summed E-state index contributed by atoms with van der Waals surface area (Å²) in [5, 5.41) is 0.527. The lowest BCUT2D eigenvalue weighted by Gasteiger charge is -2.29. The number of carbonyl (C=O) groups excluding carboxylic acids is 1. The summed E-state index contributed by atoms with van der Waals surface area (Å²) in [4.78, 5) is 16.8. The Balaban J connectivity index is 1.50. The maximum absolute atomic E-state index is 14.1. The van der Waals surface area contributed by atoms with Crippen LogP contribution < -0.4 is 0 Å². The van der Waals surface area contributed by atoms with Crippen molar-refractivity contribution in [1.82, 2.24) is 9.80 Å². The fourth-order valence-electron chi connectivity index (χ4n) is 3.56. The van der Waals surface area contributed by atoms with Gasteiger partial charge in [-0.1, -0.05) is 35.9 Å². The molecule has 0 bridgehead atoms. The molecule has 28 heavy (non-hydrogen) atoms. The monoisotopic (exact) mass is 422 g/mol. The van der Waals surface area contributed by atoms with Crippen LogP contribution in [0.5, 0.6) is 0 Å². The lowest BCUT2D eigenvalue weighted by molar-refractivity contribution is -0.132. The van der Waals surface area contributed by atoms with E-state index in [-0.39, 0.29) is 36.0 Å². The van der Waals surface area contributed by atoms with Crippen LogP contribution in [0.15, 0.2) is 42.5 Å². The first-order chi connectivity index (χ1) is 13.5. The van der Waals surface area contributed by atoms with Crippen molar-refractivity contribution in [3.8, 4) is 0 Å². The summed E-state index contributed by atoms with van der Waals surface area (Å²) in [5.41, 5.74) is 0.957. The van der Waals surface area contributed by atoms with Crippen LogP contribution in [0, 0.1) is 11.6 Å². The predicted octanol–water partition coefficient (Wildman–Crippen LogP) is 4.86. The first kappa shape index (κ1) is 19.7. The van der Waals surface area contributed by atoms with E-state index in [9.17, 15) is 13.6 Å². The standard InChI is InChI=1S/C21H21ClF2N2OS/c22-17-5-2-1-4-15(17)21-26(10-11-28-21)20(27)13-25(14-8-9-14)12-16-18(23)6-3-7-19(16)24/h1-7,14,21H,8-13H2. The van der Waals surface area contributed by atoms with Crippen molar-refractivity contribution >= 4 is 29.3 Å². The van der Waals surface area contributed by atoms with E-state index < -0.39 is 11.6 Å². The highest BCUT2D eigenvalue weighted by Crippen LogP contribution is 2.41. The van der Waals surface area contributed by atoms with Gasteiger partial charge in [-0.25, -0.2) is 8.78 Å². The minimum atomic E-state index is -0.566. The van der Waals surface area contributed by atoms with Gasteiger partial charge in [0.2, 0.25) is 5.91 Å². The number of nitrogens with zero attached hydrogens (tertiary/aromatic N) is 2. The average Bonchev–Trinajstić information content (AvgIpc) is 3.41. The highest BCUT2D eigenvalue weighted by Gasteiger charge is 2.36. The zero-order chi connectivity index (χ0) is 19.7. The molecular formula is C21H21ClF2N2OS. The molecule has 2 aromatic rings. The van der Waals surface area contributed by atoms with Gasteiger partial charge in [-0.2, -0.15) is 0 Å². The van der Waals surface area contributed by atoms with Crippen molar-refractivity contribution in [2.75, 3.05) is 18.8 Å². The molecule has 1 amide bonds. The summed E-state index contributed by atoms with van der Waals surface area (Å²) in [6.07, 6.45) is 1.90. The van der Waals surface area contributed by atoms with Gasteiger partial charge < -0.3 is 4.90 Å². The molecule has 0 spiro atoms. The van der Waals surface area contributed by atoms with Gasteiger partial charge in [-0.05, 0) is 31.0 Å². The maximum atomic E-state index is 14.1. The van der Waals surface area contributed by atoms with E-state index in [1.54, 1.807) is 11.8 Å². The van der Waals surface area contributed by atoms with Crippen LogP contribution in [0.1, 0.15) is 29.3 Å². The number of benzene rings is 2. The largest absolute Gasteiger partial charge is 0.325 e. The Morgan fingerprint density at radius 2 is 1.86 bits per heavy atom. The minimum absolute atomic E-state index is 0.0284. The van der Waals surface area contributed by atoms with Crippen LogP contribution >= 0.6 is 23.4 Å². The molecule has 0 aromatic heterocycles. The molecule has 148 valence electrons. The first-order valence-corrected chi connectivity index (χ1v) is 10.8. The Kier molecular flexibility index (Phi) is 5.90. The van der Waals surface area contributed by atoms with Crippen LogP contribution in [0.4, 0.5) is 8.78 Å². The van der Waals surface area contributed by atoms with Crippen molar-refractivity contribution in [3.05, 3.63) is 70.2 Å². The van der Waals surface area contributed by atoms with E-state index in [4.69, 9.17) is 11.6 Å². The molecule has 4 rings (SSSR count). The van der Waals surface area contributed by atoms with Gasteiger partial charge in [0.15, 0.2) is 0 Å². The first-order valence-electron chi connectivity index (χ1n) is 9.37. The number of halogens is 3. The normalized spacial score (nSPS) is 19.4. The lowest BCUT2D eigenvalue weighted by Crippen LogP contribution is -2.41. The van der Waals surface area contributed by atoms with E-state index in [1.165, 1.54) is 18.2 Å². The molecule has 1 aliphatic heterocycles. The molecule has 2 aromatic carbocycles. The summed E-state index contributed by atoms with van der Waals surface area (Å²) in [5.74, 6) is -0.321. The molecule has 1 aliphatic carbocycles. The smallest absolute Gasteiger partial charge is 0.237 e. The zero-order valence-corrected chi connectivity index (χ0v) is 16.9. The third-order valence-electron chi connectivity index (χ3n) is 5.21. The second-order valence-electron chi connectivity index (χ2n) is 7.17. The predicted molar refractivity (Wildman–Crippen MR) is 108 cm³/mol. The molecule has 1 unspecified atom stereocenters. The van der Waals surface area contributed by atoms with Gasteiger partial charge in [0.05, 0.1) is 6.54 Å². The molecule has 3 nitrogen and oxygen atoms in total. The molecule has 1 heterocycles. The third-order valence-corrected chi connectivity index (χ3v) is 6.79. The highest BCUT2D eigenvalue weighted by atomic mass is 35.5. The second kappa shape index (κ2) is 8.39. The van der Waals surface area contributed by atoms with Gasteiger partial charge in [-0.3, -0.25) is 9.69 Å².